The molecule has 1 aliphatic carbocycles. The molecule has 0 radical (unpaired) electrons. The van der Waals surface area contributed by atoms with Crippen molar-refractivity contribution >= 4 is 49.8 Å². The minimum absolute atomic E-state index is 0.0174. The zero-order valence-electron chi connectivity index (χ0n) is 15.0. The fraction of sp³-hybridized carbons (Fsp3) is 0.211. The van der Waals surface area contributed by atoms with E-state index in [1.54, 1.807) is 6.07 Å². The van der Waals surface area contributed by atoms with Crippen LogP contribution in [-0.2, 0) is 4.84 Å². The van der Waals surface area contributed by atoms with Gasteiger partial charge in [-0.25, -0.2) is 14.3 Å². The molecule has 1 heterocycles. The molecule has 0 spiro atoms. The molecule has 4 rings (SSSR count). The molecule has 7 nitrogen and oxygen atoms in total. The van der Waals surface area contributed by atoms with Crippen LogP contribution in [0.5, 0.6) is 0 Å². The van der Waals surface area contributed by atoms with E-state index in [1.807, 2.05) is 0 Å². The first-order valence-corrected chi connectivity index (χ1v) is 9.61. The summed E-state index contributed by atoms with van der Waals surface area (Å²) in [5.41, 5.74) is 7.81. The van der Waals surface area contributed by atoms with Crippen LogP contribution in [-0.4, -0.2) is 22.7 Å². The molecule has 1 aliphatic rings. The number of nitrogens with two attached hydrogens (primary N) is 1. The SMILES string of the molecule is Nc1cnnc2c(F)c(Nc3ccc(Br)cc3F)c(C(=O)NOCC3CC3)cc12. The molecule has 29 heavy (non-hydrogen) atoms. The van der Waals surface area contributed by atoms with Crippen molar-refractivity contribution in [2.24, 2.45) is 5.92 Å². The second-order valence-electron chi connectivity index (χ2n) is 6.74. The van der Waals surface area contributed by atoms with Crippen LogP contribution in [0.2, 0.25) is 0 Å². The van der Waals surface area contributed by atoms with Crippen LogP contribution < -0.4 is 16.5 Å². The molecule has 1 saturated carbocycles. The van der Waals surface area contributed by atoms with Gasteiger partial charge in [-0.05, 0) is 43.0 Å². The number of aromatic nitrogens is 2. The average molecular weight is 464 g/mol. The Bertz CT molecular complexity index is 1110. The first-order chi connectivity index (χ1) is 13.9. The molecule has 0 bridgehead atoms. The summed E-state index contributed by atoms with van der Waals surface area (Å²) in [7, 11) is 0. The third-order valence-corrected chi connectivity index (χ3v) is 5.02. The number of hydrogen-bond donors (Lipinski definition) is 3. The number of amides is 1. The molecule has 2 aromatic carbocycles. The highest BCUT2D eigenvalue weighted by atomic mass is 79.9. The summed E-state index contributed by atoms with van der Waals surface area (Å²) in [5.74, 6) is -1.78. The van der Waals surface area contributed by atoms with Crippen LogP contribution in [0.3, 0.4) is 0 Å². The van der Waals surface area contributed by atoms with E-state index in [1.165, 1.54) is 24.4 Å². The average Bonchev–Trinajstić information content (AvgIpc) is 3.50. The highest BCUT2D eigenvalue weighted by Gasteiger charge is 2.24. The first-order valence-electron chi connectivity index (χ1n) is 8.81. The van der Waals surface area contributed by atoms with Crippen LogP contribution in [0.25, 0.3) is 10.9 Å². The molecule has 1 aromatic heterocycles. The summed E-state index contributed by atoms with van der Waals surface area (Å²) >= 11 is 3.16. The number of carbonyl (C=O) groups excluding carboxylic acids is 1. The maximum absolute atomic E-state index is 15.3. The van der Waals surface area contributed by atoms with E-state index in [2.05, 4.69) is 36.9 Å². The largest absolute Gasteiger partial charge is 0.397 e. The minimum Gasteiger partial charge on any atom is -0.397 e. The number of fused-ring (bicyclic) bond motifs is 1. The molecule has 1 amide bonds. The van der Waals surface area contributed by atoms with Gasteiger partial charge < -0.3 is 11.1 Å². The van der Waals surface area contributed by atoms with Gasteiger partial charge in [-0.15, -0.1) is 5.10 Å². The Morgan fingerprint density at radius 2 is 2.10 bits per heavy atom. The van der Waals surface area contributed by atoms with Crippen LogP contribution in [0.15, 0.2) is 34.9 Å². The van der Waals surface area contributed by atoms with Gasteiger partial charge in [-0.1, -0.05) is 15.9 Å². The summed E-state index contributed by atoms with van der Waals surface area (Å²) in [6, 6.07) is 5.59. The number of nitrogens with one attached hydrogen (secondary N) is 2. The normalized spacial score (nSPS) is 13.5. The molecular weight excluding hydrogens is 448 g/mol. The Morgan fingerprint density at radius 3 is 2.83 bits per heavy atom. The van der Waals surface area contributed by atoms with Crippen molar-refractivity contribution in [2.45, 2.75) is 12.8 Å². The van der Waals surface area contributed by atoms with Gasteiger partial charge in [0.1, 0.15) is 11.3 Å². The third kappa shape index (κ3) is 4.13. The lowest BCUT2D eigenvalue weighted by atomic mass is 10.1. The summed E-state index contributed by atoms with van der Waals surface area (Å²) in [6.45, 7) is 0.375. The summed E-state index contributed by atoms with van der Waals surface area (Å²) in [6.07, 6.45) is 3.35. The maximum Gasteiger partial charge on any atom is 0.277 e. The lowest BCUT2D eigenvalue weighted by Gasteiger charge is -2.16. The van der Waals surface area contributed by atoms with Gasteiger partial charge in [0.15, 0.2) is 5.82 Å². The van der Waals surface area contributed by atoms with E-state index in [0.717, 1.165) is 12.8 Å². The molecule has 1 fully saturated rings. The first kappa shape index (κ1) is 19.5. The minimum atomic E-state index is -0.878. The van der Waals surface area contributed by atoms with Crippen molar-refractivity contribution in [1.29, 1.82) is 0 Å². The fourth-order valence-electron chi connectivity index (χ4n) is 2.77. The van der Waals surface area contributed by atoms with E-state index >= 15 is 4.39 Å². The van der Waals surface area contributed by atoms with Gasteiger partial charge in [-0.3, -0.25) is 9.63 Å². The van der Waals surface area contributed by atoms with Gasteiger partial charge in [0.2, 0.25) is 0 Å². The number of anilines is 3. The Balaban J connectivity index is 1.76. The zero-order valence-corrected chi connectivity index (χ0v) is 16.6. The van der Waals surface area contributed by atoms with Crippen molar-refractivity contribution in [2.75, 3.05) is 17.7 Å². The fourth-order valence-corrected chi connectivity index (χ4v) is 3.10. The molecule has 10 heteroatoms. The number of hydrogen-bond acceptors (Lipinski definition) is 6. The van der Waals surface area contributed by atoms with Crippen LogP contribution in [0, 0.1) is 17.6 Å². The highest BCUT2D eigenvalue weighted by molar-refractivity contribution is 9.10. The van der Waals surface area contributed by atoms with Gasteiger partial charge >= 0.3 is 0 Å². The molecule has 3 aromatic rings. The molecule has 0 unspecified atom stereocenters. The monoisotopic (exact) mass is 463 g/mol. The smallest absolute Gasteiger partial charge is 0.277 e. The predicted octanol–water partition coefficient (Wildman–Crippen LogP) is 4.07. The summed E-state index contributed by atoms with van der Waals surface area (Å²) in [4.78, 5) is 17.9. The standard InChI is InChI=1S/C19H16BrF2N5O2/c20-10-3-4-15(13(21)5-10)25-17-12(19(28)27-29-8-9-1-2-9)6-11-14(23)7-24-26-18(11)16(17)22/h3-7,9,25H,1-2,8H2,(H2,23,26)(H,27,28). The number of rotatable bonds is 6. The Hall–Kier alpha value is -2.85. The lowest BCUT2D eigenvalue weighted by Crippen LogP contribution is -2.26. The lowest BCUT2D eigenvalue weighted by molar-refractivity contribution is 0.0271. The highest BCUT2D eigenvalue weighted by Crippen LogP contribution is 2.33. The number of nitrogen functional groups attached to an aromatic ring is 1. The number of carbonyl (C=O) groups is 1. The van der Waals surface area contributed by atoms with Crippen LogP contribution in [0.1, 0.15) is 23.2 Å². The van der Waals surface area contributed by atoms with Crippen molar-refractivity contribution in [3.63, 3.8) is 0 Å². The van der Waals surface area contributed by atoms with Crippen molar-refractivity contribution in [1.82, 2.24) is 15.7 Å². The summed E-state index contributed by atoms with van der Waals surface area (Å²) in [5, 5.41) is 10.3. The van der Waals surface area contributed by atoms with Gasteiger partial charge in [-0.2, -0.15) is 5.10 Å². The molecule has 0 aliphatic heterocycles. The molecule has 4 N–H and O–H groups in total. The van der Waals surface area contributed by atoms with E-state index in [0.29, 0.717) is 17.0 Å². The Morgan fingerprint density at radius 1 is 1.31 bits per heavy atom. The van der Waals surface area contributed by atoms with E-state index in [-0.39, 0.29) is 33.5 Å². The van der Waals surface area contributed by atoms with Crippen LogP contribution >= 0.6 is 15.9 Å². The van der Waals surface area contributed by atoms with Crippen molar-refractivity contribution in [3.8, 4) is 0 Å². The van der Waals surface area contributed by atoms with Gasteiger partial charge in [0.05, 0.1) is 35.4 Å². The number of hydroxylamine groups is 1. The maximum atomic E-state index is 15.3. The number of halogens is 3. The number of benzene rings is 2. The Labute approximate surface area is 172 Å². The van der Waals surface area contributed by atoms with Gasteiger partial charge in [0.25, 0.3) is 5.91 Å². The van der Waals surface area contributed by atoms with E-state index in [9.17, 15) is 9.18 Å². The molecule has 0 atom stereocenters. The Kier molecular flexibility index (Phi) is 5.29. The topological polar surface area (TPSA) is 102 Å². The second-order valence-corrected chi connectivity index (χ2v) is 7.66. The molecule has 150 valence electrons. The molecular formula is C19H16BrF2N5O2. The van der Waals surface area contributed by atoms with Crippen molar-refractivity contribution < 1.29 is 18.4 Å². The van der Waals surface area contributed by atoms with Gasteiger partial charge in [0, 0.05) is 9.86 Å². The summed E-state index contributed by atoms with van der Waals surface area (Å²) < 4.78 is 30.1. The second kappa shape index (κ2) is 7.88. The molecule has 0 saturated heterocycles. The number of nitrogens with zero attached hydrogens (tertiary/aromatic N) is 2. The van der Waals surface area contributed by atoms with E-state index < -0.39 is 17.5 Å². The third-order valence-electron chi connectivity index (χ3n) is 4.52. The van der Waals surface area contributed by atoms with Crippen molar-refractivity contribution in [3.05, 3.63) is 52.1 Å². The van der Waals surface area contributed by atoms with Crippen LogP contribution in [0.4, 0.5) is 25.8 Å². The predicted molar refractivity (Wildman–Crippen MR) is 107 cm³/mol. The zero-order chi connectivity index (χ0) is 20.5. The quantitative estimate of drug-likeness (QED) is 0.476. The van der Waals surface area contributed by atoms with E-state index in [4.69, 9.17) is 10.6 Å².